The number of carbonyl (C=O) groups excluding carboxylic acids is 2. The predicted octanol–water partition coefficient (Wildman–Crippen LogP) is 3.85. The van der Waals surface area contributed by atoms with Crippen LogP contribution < -0.4 is 15.0 Å². The topological polar surface area (TPSA) is 77.8 Å². The Morgan fingerprint density at radius 2 is 1.20 bits per heavy atom. The lowest BCUT2D eigenvalue weighted by atomic mass is 10.1. The largest absolute Gasteiger partial charge is 0.483 e. The first kappa shape index (κ1) is 22.2. The summed E-state index contributed by atoms with van der Waals surface area (Å²) >= 11 is 0. The lowest BCUT2D eigenvalue weighted by Crippen LogP contribution is -2.32. The molecule has 0 saturated carbocycles. The number of fused-ring (bicyclic) bond motifs is 1. The average Bonchev–Trinajstić information content (AvgIpc) is 3.13. The molecule has 1 aliphatic heterocycles. The summed E-state index contributed by atoms with van der Waals surface area (Å²) in [6, 6.07) is 27.1. The zero-order valence-electron chi connectivity index (χ0n) is 18.8. The maximum Gasteiger partial charge on any atom is 0.261 e. The second-order valence-electron chi connectivity index (χ2n) is 8.09. The van der Waals surface area contributed by atoms with Gasteiger partial charge in [-0.15, -0.1) is 0 Å². The molecule has 174 valence electrons. The molecule has 0 atom stereocenters. The molecule has 3 aromatic carbocycles. The van der Waals surface area contributed by atoms with Gasteiger partial charge in [0.1, 0.15) is 13.2 Å². The fraction of sp³-hybridized carbons (Fsp3) is 0.107. The number of carbonyl (C=O) groups is 2. The van der Waals surface area contributed by atoms with Crippen molar-refractivity contribution in [3.63, 3.8) is 0 Å². The molecule has 7 nitrogen and oxygen atoms in total. The normalized spacial score (nSPS) is 12.5. The molecule has 7 heteroatoms. The molecule has 0 spiro atoms. The summed E-state index contributed by atoms with van der Waals surface area (Å²) in [6.45, 7) is 0.318. The highest BCUT2D eigenvalue weighted by Crippen LogP contribution is 2.24. The molecule has 0 unspecified atom stereocenters. The number of hydrogen-bond acceptors (Lipinski definition) is 5. The van der Waals surface area contributed by atoms with E-state index < -0.39 is 11.8 Å². The van der Waals surface area contributed by atoms with Crippen LogP contribution in [0.25, 0.3) is 0 Å². The minimum Gasteiger partial charge on any atom is -0.483 e. The van der Waals surface area contributed by atoms with Gasteiger partial charge in [0.25, 0.3) is 11.8 Å². The molecule has 0 aliphatic carbocycles. The maximum absolute atomic E-state index is 12.9. The summed E-state index contributed by atoms with van der Waals surface area (Å²) in [5, 5.41) is 0. The lowest BCUT2D eigenvalue weighted by molar-refractivity contribution is 0.0585. The molecular weight excluding hydrogens is 444 g/mol. The molecule has 2 heterocycles. The Hall–Kier alpha value is -4.65. The van der Waals surface area contributed by atoms with Gasteiger partial charge in [-0.05, 0) is 23.3 Å². The summed E-state index contributed by atoms with van der Waals surface area (Å²) in [7, 11) is 0. The molecule has 0 fully saturated rings. The molecule has 0 radical (unpaired) electrons. The van der Waals surface area contributed by atoms with Crippen LogP contribution in [0.15, 0.2) is 102 Å². The number of aromatic nitrogens is 1. The number of imide groups is 1. The first-order chi connectivity index (χ1) is 17.1. The Kier molecular flexibility index (Phi) is 6.13. The van der Waals surface area contributed by atoms with Gasteiger partial charge in [0, 0.05) is 6.07 Å². The SMILES string of the molecule is O=C1c2ccccc2C(=O)N1Cc1cc(=O)c(OCc2ccccc2)cn1OCc1ccccc1. The Balaban J connectivity index is 1.43. The van der Waals surface area contributed by atoms with E-state index in [1.54, 1.807) is 24.3 Å². The third kappa shape index (κ3) is 4.70. The highest BCUT2D eigenvalue weighted by molar-refractivity contribution is 6.21. The van der Waals surface area contributed by atoms with Crippen LogP contribution in [-0.4, -0.2) is 21.4 Å². The number of benzene rings is 3. The molecule has 1 aliphatic rings. The van der Waals surface area contributed by atoms with Crippen LogP contribution in [0.3, 0.4) is 0 Å². The van der Waals surface area contributed by atoms with Gasteiger partial charge in [-0.1, -0.05) is 72.8 Å². The zero-order valence-corrected chi connectivity index (χ0v) is 18.8. The van der Waals surface area contributed by atoms with E-state index in [0.717, 1.165) is 16.0 Å². The standard InChI is InChI=1S/C28H22N2O5/c31-25-15-22(16-29-27(32)23-13-7-8-14-24(23)28(29)33)30(35-19-21-11-5-2-6-12-21)17-26(25)34-18-20-9-3-1-4-10-20/h1-15,17H,16,18-19H2. The van der Waals surface area contributed by atoms with E-state index >= 15 is 0 Å². The van der Waals surface area contributed by atoms with Crippen LogP contribution in [0.1, 0.15) is 37.5 Å². The van der Waals surface area contributed by atoms with E-state index in [0.29, 0.717) is 16.8 Å². The molecule has 0 bridgehead atoms. The number of hydrogen-bond donors (Lipinski definition) is 0. The van der Waals surface area contributed by atoms with E-state index in [1.165, 1.54) is 17.0 Å². The summed E-state index contributed by atoms with van der Waals surface area (Å²) in [5.41, 5.74) is 2.52. The second-order valence-corrected chi connectivity index (χ2v) is 8.09. The van der Waals surface area contributed by atoms with Gasteiger partial charge in [-0.25, -0.2) is 0 Å². The van der Waals surface area contributed by atoms with Gasteiger partial charge >= 0.3 is 0 Å². The van der Waals surface area contributed by atoms with E-state index in [4.69, 9.17) is 9.57 Å². The first-order valence-corrected chi connectivity index (χ1v) is 11.1. The van der Waals surface area contributed by atoms with Crippen LogP contribution in [0.2, 0.25) is 0 Å². The Labute approximate surface area is 201 Å². The third-order valence-corrected chi connectivity index (χ3v) is 5.71. The highest BCUT2D eigenvalue weighted by atomic mass is 16.7. The quantitative estimate of drug-likeness (QED) is 0.369. The Bertz CT molecular complexity index is 1400. The molecule has 0 saturated heterocycles. The van der Waals surface area contributed by atoms with Gasteiger partial charge in [-0.2, -0.15) is 4.73 Å². The number of rotatable bonds is 8. The van der Waals surface area contributed by atoms with Crippen LogP contribution in [0, 0.1) is 0 Å². The molecule has 5 rings (SSSR count). The number of nitrogens with zero attached hydrogens (tertiary/aromatic N) is 2. The van der Waals surface area contributed by atoms with Gasteiger partial charge in [0.15, 0.2) is 5.75 Å². The highest BCUT2D eigenvalue weighted by Gasteiger charge is 2.35. The van der Waals surface area contributed by atoms with Crippen molar-refractivity contribution < 1.29 is 19.2 Å². The van der Waals surface area contributed by atoms with Crippen molar-refractivity contribution in [3.8, 4) is 5.75 Å². The van der Waals surface area contributed by atoms with Crippen LogP contribution in [0.5, 0.6) is 5.75 Å². The van der Waals surface area contributed by atoms with E-state index in [1.807, 2.05) is 60.7 Å². The maximum atomic E-state index is 12.9. The second kappa shape index (κ2) is 9.69. The third-order valence-electron chi connectivity index (χ3n) is 5.71. The molecule has 0 N–H and O–H groups in total. The Morgan fingerprint density at radius 1 is 0.657 bits per heavy atom. The van der Waals surface area contributed by atoms with Crippen LogP contribution >= 0.6 is 0 Å². The van der Waals surface area contributed by atoms with Crippen molar-refractivity contribution in [2.45, 2.75) is 19.8 Å². The summed E-state index contributed by atoms with van der Waals surface area (Å²) in [6.07, 6.45) is 1.46. The average molecular weight is 466 g/mol. The molecule has 2 amide bonds. The fourth-order valence-corrected chi connectivity index (χ4v) is 3.88. The van der Waals surface area contributed by atoms with Gasteiger partial charge in [0.05, 0.1) is 29.6 Å². The van der Waals surface area contributed by atoms with Gasteiger partial charge in [0.2, 0.25) is 5.43 Å². The predicted molar refractivity (Wildman–Crippen MR) is 129 cm³/mol. The number of ether oxygens (including phenoxy) is 1. The number of amides is 2. The Morgan fingerprint density at radius 3 is 1.80 bits per heavy atom. The number of pyridine rings is 1. The zero-order chi connectivity index (χ0) is 24.2. The van der Waals surface area contributed by atoms with Crippen molar-refractivity contribution >= 4 is 11.8 Å². The van der Waals surface area contributed by atoms with Crippen molar-refractivity contribution in [3.05, 3.63) is 135 Å². The van der Waals surface area contributed by atoms with Crippen LogP contribution in [0.4, 0.5) is 0 Å². The molecule has 1 aromatic heterocycles. The van der Waals surface area contributed by atoms with E-state index in [-0.39, 0.29) is 30.9 Å². The van der Waals surface area contributed by atoms with Gasteiger partial charge < -0.3 is 9.57 Å². The van der Waals surface area contributed by atoms with Gasteiger partial charge in [-0.3, -0.25) is 19.3 Å². The van der Waals surface area contributed by atoms with Crippen molar-refractivity contribution in [2.75, 3.05) is 0 Å². The summed E-state index contributed by atoms with van der Waals surface area (Å²) < 4.78 is 7.17. The van der Waals surface area contributed by atoms with Crippen LogP contribution in [-0.2, 0) is 19.8 Å². The summed E-state index contributed by atoms with van der Waals surface area (Å²) in [4.78, 5) is 45.7. The minimum absolute atomic E-state index is 0.105. The molecule has 35 heavy (non-hydrogen) atoms. The smallest absolute Gasteiger partial charge is 0.261 e. The molecule has 4 aromatic rings. The van der Waals surface area contributed by atoms with Crippen molar-refractivity contribution in [1.29, 1.82) is 0 Å². The first-order valence-electron chi connectivity index (χ1n) is 11.1. The molecular formula is C28H22N2O5. The minimum atomic E-state index is -0.405. The monoisotopic (exact) mass is 466 g/mol. The lowest BCUT2D eigenvalue weighted by Gasteiger charge is -2.20. The van der Waals surface area contributed by atoms with E-state index in [2.05, 4.69) is 0 Å². The van der Waals surface area contributed by atoms with Crippen molar-refractivity contribution in [1.82, 2.24) is 9.63 Å². The van der Waals surface area contributed by atoms with E-state index in [9.17, 15) is 14.4 Å². The van der Waals surface area contributed by atoms with Crippen molar-refractivity contribution in [2.24, 2.45) is 0 Å². The fourth-order valence-electron chi connectivity index (χ4n) is 3.88. The summed E-state index contributed by atoms with van der Waals surface area (Å²) in [5.74, 6) is -0.706.